The second-order valence-corrected chi connectivity index (χ2v) is 3.33. The minimum absolute atomic E-state index is 0.196. The molecule has 100 valence electrons. The second-order valence-electron chi connectivity index (χ2n) is 3.33. The zero-order valence-electron chi connectivity index (χ0n) is 9.21. The van der Waals surface area contributed by atoms with Gasteiger partial charge in [0.15, 0.2) is 23.3 Å². The average molecular weight is 268 g/mol. The average Bonchev–Trinajstić information content (AvgIpc) is 2.36. The number of benzene rings is 1. The highest BCUT2D eigenvalue weighted by atomic mass is 19.2. The topological polar surface area (TPSA) is 41.1 Å². The molecule has 0 atom stereocenters. The third-order valence-electron chi connectivity index (χ3n) is 1.98. The van der Waals surface area contributed by atoms with Crippen molar-refractivity contribution >= 4 is 11.7 Å². The van der Waals surface area contributed by atoms with E-state index in [4.69, 9.17) is 0 Å². The van der Waals surface area contributed by atoms with Crippen LogP contribution < -0.4 is 10.6 Å². The second kappa shape index (κ2) is 5.65. The summed E-state index contributed by atoms with van der Waals surface area (Å²) in [7, 11) is 0. The molecule has 0 radical (unpaired) electrons. The van der Waals surface area contributed by atoms with Crippen molar-refractivity contribution in [3.8, 4) is 0 Å². The van der Waals surface area contributed by atoms with Crippen LogP contribution >= 0.6 is 0 Å². The summed E-state index contributed by atoms with van der Waals surface area (Å²) in [6.07, 6.45) is 0.546. The largest absolute Gasteiger partial charge is 0.338 e. The van der Waals surface area contributed by atoms with Gasteiger partial charge in [-0.1, -0.05) is 6.92 Å². The first kappa shape index (κ1) is 14.2. The lowest BCUT2D eigenvalue weighted by Crippen LogP contribution is -2.30. The Kier molecular flexibility index (Phi) is 4.46. The monoisotopic (exact) mass is 268 g/mol. The normalized spacial score (nSPS) is 10.3. The molecule has 0 fully saturated rings. The zero-order chi connectivity index (χ0) is 13.9. The number of halogens is 5. The van der Waals surface area contributed by atoms with E-state index in [1.165, 1.54) is 0 Å². The van der Waals surface area contributed by atoms with E-state index < -0.39 is 40.8 Å². The number of nitrogens with one attached hydrogen (secondary N) is 2. The van der Waals surface area contributed by atoms with Gasteiger partial charge in [0.25, 0.3) is 0 Å². The number of anilines is 1. The molecule has 0 saturated carbocycles. The molecule has 0 aliphatic rings. The van der Waals surface area contributed by atoms with Gasteiger partial charge in [-0.25, -0.2) is 26.7 Å². The molecule has 3 nitrogen and oxygen atoms in total. The summed E-state index contributed by atoms with van der Waals surface area (Å²) in [5, 5.41) is 3.74. The van der Waals surface area contributed by atoms with Gasteiger partial charge >= 0.3 is 6.03 Å². The molecule has 0 saturated heterocycles. The maximum Gasteiger partial charge on any atom is 0.319 e. The van der Waals surface area contributed by atoms with Crippen molar-refractivity contribution < 1.29 is 26.7 Å². The van der Waals surface area contributed by atoms with Gasteiger partial charge in [-0.3, -0.25) is 0 Å². The number of carbonyl (C=O) groups is 1. The summed E-state index contributed by atoms with van der Waals surface area (Å²) in [4.78, 5) is 11.1. The Hall–Kier alpha value is -1.86. The van der Waals surface area contributed by atoms with Gasteiger partial charge in [0.2, 0.25) is 5.82 Å². The number of hydrogen-bond donors (Lipinski definition) is 2. The zero-order valence-corrected chi connectivity index (χ0v) is 9.21. The van der Waals surface area contributed by atoms with E-state index in [0.717, 1.165) is 0 Å². The molecule has 2 amide bonds. The van der Waals surface area contributed by atoms with Gasteiger partial charge in [-0.05, 0) is 6.42 Å². The van der Waals surface area contributed by atoms with E-state index in [9.17, 15) is 26.7 Å². The molecule has 8 heteroatoms. The van der Waals surface area contributed by atoms with Crippen LogP contribution in [-0.2, 0) is 0 Å². The predicted molar refractivity (Wildman–Crippen MR) is 53.5 cm³/mol. The molecule has 18 heavy (non-hydrogen) atoms. The van der Waals surface area contributed by atoms with Crippen LogP contribution in [0.3, 0.4) is 0 Å². The van der Waals surface area contributed by atoms with E-state index in [1.54, 1.807) is 12.2 Å². The lowest BCUT2D eigenvalue weighted by Gasteiger charge is -2.10. The molecule has 0 unspecified atom stereocenters. The van der Waals surface area contributed by atoms with Gasteiger partial charge < -0.3 is 10.6 Å². The minimum atomic E-state index is -2.27. The van der Waals surface area contributed by atoms with Crippen LogP contribution in [0.25, 0.3) is 0 Å². The molecule has 0 aliphatic carbocycles. The Bertz CT molecular complexity index is 449. The highest BCUT2D eigenvalue weighted by Crippen LogP contribution is 2.26. The van der Waals surface area contributed by atoms with Gasteiger partial charge in [0.05, 0.1) is 0 Å². The molecule has 1 aromatic carbocycles. The third kappa shape index (κ3) is 2.69. The fraction of sp³-hybridized carbons (Fsp3) is 0.300. The smallest absolute Gasteiger partial charge is 0.319 e. The van der Waals surface area contributed by atoms with Crippen molar-refractivity contribution in [2.45, 2.75) is 13.3 Å². The summed E-state index contributed by atoms with van der Waals surface area (Å²) >= 11 is 0. The molecule has 0 heterocycles. The first-order valence-corrected chi connectivity index (χ1v) is 4.96. The Labute approximate surface area is 99.0 Å². The number of hydrogen-bond acceptors (Lipinski definition) is 1. The van der Waals surface area contributed by atoms with E-state index in [1.807, 2.05) is 0 Å². The SMILES string of the molecule is CCCNC(=O)Nc1c(F)c(F)c(F)c(F)c1F. The molecular weight excluding hydrogens is 259 g/mol. The van der Waals surface area contributed by atoms with Crippen molar-refractivity contribution in [3.05, 3.63) is 29.1 Å². The highest BCUT2D eigenvalue weighted by molar-refractivity contribution is 5.89. The molecular formula is C10H9F5N2O. The standard InChI is InChI=1S/C10H9F5N2O/c1-2-3-16-10(18)17-9-7(14)5(12)4(11)6(13)8(9)15/h2-3H2,1H3,(H2,16,17,18). The lowest BCUT2D eigenvalue weighted by atomic mass is 10.2. The summed E-state index contributed by atoms with van der Waals surface area (Å²) in [6.45, 7) is 1.92. The third-order valence-corrected chi connectivity index (χ3v) is 1.98. The van der Waals surface area contributed by atoms with Crippen LogP contribution in [0, 0.1) is 29.1 Å². The van der Waals surface area contributed by atoms with Gasteiger partial charge in [0, 0.05) is 6.54 Å². The summed E-state index contributed by atoms with van der Waals surface area (Å²) < 4.78 is 64.5. The van der Waals surface area contributed by atoms with E-state index >= 15 is 0 Å². The Morgan fingerprint density at radius 1 is 0.944 bits per heavy atom. The Balaban J connectivity index is 3.06. The molecule has 0 spiro atoms. The van der Waals surface area contributed by atoms with Crippen molar-refractivity contribution in [2.75, 3.05) is 11.9 Å². The van der Waals surface area contributed by atoms with Gasteiger partial charge in [-0.15, -0.1) is 0 Å². The van der Waals surface area contributed by atoms with Crippen LogP contribution in [-0.4, -0.2) is 12.6 Å². The first-order chi connectivity index (χ1) is 8.40. The maximum absolute atomic E-state index is 13.1. The molecule has 0 bridgehead atoms. The summed E-state index contributed by atoms with van der Waals surface area (Å²) in [5.74, 6) is -10.7. The van der Waals surface area contributed by atoms with E-state index in [2.05, 4.69) is 5.32 Å². The van der Waals surface area contributed by atoms with Crippen molar-refractivity contribution in [1.82, 2.24) is 5.32 Å². The van der Waals surface area contributed by atoms with Crippen LogP contribution in [0.2, 0.25) is 0 Å². The van der Waals surface area contributed by atoms with Gasteiger partial charge in [0.1, 0.15) is 5.69 Å². The lowest BCUT2D eigenvalue weighted by molar-refractivity contribution is 0.251. The van der Waals surface area contributed by atoms with E-state index in [-0.39, 0.29) is 6.54 Å². The number of amides is 2. The minimum Gasteiger partial charge on any atom is -0.338 e. The summed E-state index contributed by atoms with van der Waals surface area (Å²) in [5.41, 5.74) is -1.37. The number of carbonyl (C=O) groups excluding carboxylic acids is 1. The van der Waals surface area contributed by atoms with E-state index in [0.29, 0.717) is 6.42 Å². The highest BCUT2D eigenvalue weighted by Gasteiger charge is 2.26. The van der Waals surface area contributed by atoms with Crippen LogP contribution in [0.1, 0.15) is 13.3 Å². The molecule has 0 aromatic heterocycles. The van der Waals surface area contributed by atoms with Crippen LogP contribution in [0.4, 0.5) is 32.4 Å². The Morgan fingerprint density at radius 2 is 1.39 bits per heavy atom. The number of urea groups is 1. The first-order valence-electron chi connectivity index (χ1n) is 4.96. The fourth-order valence-corrected chi connectivity index (χ4v) is 1.11. The fourth-order valence-electron chi connectivity index (χ4n) is 1.11. The van der Waals surface area contributed by atoms with Crippen molar-refractivity contribution in [2.24, 2.45) is 0 Å². The molecule has 0 aliphatic heterocycles. The Morgan fingerprint density at radius 3 is 1.83 bits per heavy atom. The quantitative estimate of drug-likeness (QED) is 0.494. The van der Waals surface area contributed by atoms with Gasteiger partial charge in [-0.2, -0.15) is 0 Å². The van der Waals surface area contributed by atoms with Crippen LogP contribution in [0.15, 0.2) is 0 Å². The maximum atomic E-state index is 13.1. The summed E-state index contributed by atoms with van der Waals surface area (Å²) in [6, 6.07) is -1.06. The van der Waals surface area contributed by atoms with Crippen LogP contribution in [0.5, 0.6) is 0 Å². The van der Waals surface area contributed by atoms with Crippen molar-refractivity contribution in [3.63, 3.8) is 0 Å². The molecule has 1 rings (SSSR count). The number of rotatable bonds is 3. The predicted octanol–water partition coefficient (Wildman–Crippen LogP) is 2.91. The van der Waals surface area contributed by atoms with Crippen molar-refractivity contribution in [1.29, 1.82) is 0 Å². The molecule has 1 aromatic rings. The molecule has 2 N–H and O–H groups in total.